The second-order valence-corrected chi connectivity index (χ2v) is 4.05. The molecule has 0 aliphatic rings. The maximum absolute atomic E-state index is 8.93. The zero-order chi connectivity index (χ0) is 11.8. The number of hydrogen-bond acceptors (Lipinski definition) is 2. The molecule has 1 N–H and O–H groups in total. The first-order valence-corrected chi connectivity index (χ1v) is 6.27. The second-order valence-electron chi connectivity index (χ2n) is 4.05. The Labute approximate surface area is 98.9 Å². The van der Waals surface area contributed by atoms with Gasteiger partial charge in [-0.3, -0.25) is 0 Å². The van der Waals surface area contributed by atoms with E-state index in [-0.39, 0.29) is 6.61 Å². The average molecular weight is 221 g/mol. The molecule has 1 rings (SSSR count). The molecule has 1 aromatic carbocycles. The number of nitrogens with zero attached hydrogens (tertiary/aromatic N) is 1. The lowest BCUT2D eigenvalue weighted by Gasteiger charge is -2.26. The molecule has 16 heavy (non-hydrogen) atoms. The summed E-state index contributed by atoms with van der Waals surface area (Å²) in [5.41, 5.74) is 2.73. The van der Waals surface area contributed by atoms with E-state index in [2.05, 4.69) is 43.0 Å². The Hall–Kier alpha value is -1.02. The molecule has 0 saturated heterocycles. The minimum Gasteiger partial charge on any atom is -0.396 e. The molecule has 0 spiro atoms. The average Bonchev–Trinajstić information content (AvgIpc) is 2.34. The molecule has 1 aromatic rings. The first kappa shape index (κ1) is 13.0. The smallest absolute Gasteiger partial charge is 0.0447 e. The molecule has 0 aliphatic carbocycles. The molecule has 0 bridgehead atoms. The van der Waals surface area contributed by atoms with Crippen LogP contribution in [-0.2, 0) is 6.42 Å². The Morgan fingerprint density at radius 3 is 2.50 bits per heavy atom. The molecule has 0 atom stereocenters. The van der Waals surface area contributed by atoms with Crippen LogP contribution in [0.3, 0.4) is 0 Å². The fourth-order valence-electron chi connectivity index (χ4n) is 2.00. The van der Waals surface area contributed by atoms with E-state index in [4.69, 9.17) is 5.11 Å². The van der Waals surface area contributed by atoms with Crippen LogP contribution in [0, 0.1) is 0 Å². The first-order valence-electron chi connectivity index (χ1n) is 6.27. The topological polar surface area (TPSA) is 23.5 Å². The Kier molecular flexibility index (Phi) is 5.94. The summed E-state index contributed by atoms with van der Waals surface area (Å²) >= 11 is 0. The number of hydrogen-bond donors (Lipinski definition) is 1. The molecule has 0 aliphatic heterocycles. The van der Waals surface area contributed by atoms with Crippen LogP contribution in [0.5, 0.6) is 0 Å². The number of aryl methyl sites for hydroxylation is 1. The van der Waals surface area contributed by atoms with Gasteiger partial charge in [0.2, 0.25) is 0 Å². The minimum atomic E-state index is 0.272. The van der Waals surface area contributed by atoms with Gasteiger partial charge in [0.25, 0.3) is 0 Å². The maximum Gasteiger partial charge on any atom is 0.0447 e. The normalized spacial score (nSPS) is 10.4. The van der Waals surface area contributed by atoms with Gasteiger partial charge in [-0.1, -0.05) is 32.0 Å². The minimum absolute atomic E-state index is 0.272. The third-order valence-electron chi connectivity index (χ3n) is 2.79. The lowest BCUT2D eigenvalue weighted by molar-refractivity contribution is 0.289. The Bertz CT molecular complexity index is 299. The van der Waals surface area contributed by atoms with Gasteiger partial charge in [0.05, 0.1) is 0 Å². The highest BCUT2D eigenvalue weighted by Crippen LogP contribution is 2.21. The predicted molar refractivity (Wildman–Crippen MR) is 70.0 cm³/mol. The summed E-state index contributed by atoms with van der Waals surface area (Å²) in [6.07, 6.45) is 3.05. The van der Waals surface area contributed by atoms with Crippen molar-refractivity contribution in [1.82, 2.24) is 0 Å². The van der Waals surface area contributed by atoms with Gasteiger partial charge in [-0.2, -0.15) is 0 Å². The zero-order valence-corrected chi connectivity index (χ0v) is 10.4. The molecule has 0 fully saturated rings. The van der Waals surface area contributed by atoms with Crippen LogP contribution >= 0.6 is 0 Å². The maximum atomic E-state index is 8.93. The van der Waals surface area contributed by atoms with E-state index >= 15 is 0 Å². The fourth-order valence-corrected chi connectivity index (χ4v) is 2.00. The summed E-state index contributed by atoms with van der Waals surface area (Å²) in [5.74, 6) is 0. The molecule has 2 nitrogen and oxygen atoms in total. The van der Waals surface area contributed by atoms with Gasteiger partial charge in [-0.15, -0.1) is 0 Å². The van der Waals surface area contributed by atoms with Crippen molar-refractivity contribution >= 4 is 5.69 Å². The summed E-state index contributed by atoms with van der Waals surface area (Å²) in [6.45, 7) is 6.67. The second kappa shape index (κ2) is 7.29. The molecule has 0 saturated carbocycles. The summed E-state index contributed by atoms with van der Waals surface area (Å²) in [5, 5.41) is 8.93. The van der Waals surface area contributed by atoms with Crippen molar-refractivity contribution in [3.8, 4) is 0 Å². The van der Waals surface area contributed by atoms with Crippen LogP contribution in [0.2, 0.25) is 0 Å². The Balaban J connectivity index is 2.81. The molecule has 0 aromatic heterocycles. The Morgan fingerprint density at radius 1 is 1.12 bits per heavy atom. The van der Waals surface area contributed by atoms with E-state index in [1.807, 2.05) is 0 Å². The van der Waals surface area contributed by atoms with Crippen molar-refractivity contribution in [3.63, 3.8) is 0 Å². The van der Waals surface area contributed by atoms with Crippen molar-refractivity contribution in [2.45, 2.75) is 33.1 Å². The molecule has 0 amide bonds. The van der Waals surface area contributed by atoms with Gasteiger partial charge in [-0.25, -0.2) is 0 Å². The van der Waals surface area contributed by atoms with Gasteiger partial charge in [-0.05, 0) is 30.9 Å². The van der Waals surface area contributed by atoms with Crippen LogP contribution in [0.1, 0.15) is 32.3 Å². The number of aliphatic hydroxyl groups is 1. The van der Waals surface area contributed by atoms with Gasteiger partial charge in [0, 0.05) is 25.4 Å². The van der Waals surface area contributed by atoms with E-state index in [0.29, 0.717) is 0 Å². The van der Waals surface area contributed by atoms with E-state index in [9.17, 15) is 0 Å². The third-order valence-corrected chi connectivity index (χ3v) is 2.79. The Morgan fingerprint density at radius 2 is 1.88 bits per heavy atom. The predicted octanol–water partition coefficient (Wildman–Crippen LogP) is 2.85. The van der Waals surface area contributed by atoms with E-state index in [0.717, 1.165) is 32.4 Å². The summed E-state index contributed by atoms with van der Waals surface area (Å²) in [6, 6.07) is 8.57. The standard InChI is InChI=1S/C14H23NO/c1-3-10-15(11-7-12-16)14-9-6-5-8-13(14)4-2/h5-6,8-9,16H,3-4,7,10-12H2,1-2H3. The van der Waals surface area contributed by atoms with Crippen LogP contribution in [-0.4, -0.2) is 24.8 Å². The fraction of sp³-hybridized carbons (Fsp3) is 0.571. The number of rotatable bonds is 7. The van der Waals surface area contributed by atoms with E-state index < -0.39 is 0 Å². The quantitative estimate of drug-likeness (QED) is 0.765. The molecule has 0 radical (unpaired) electrons. The lowest BCUT2D eigenvalue weighted by atomic mass is 10.1. The number of aliphatic hydroxyl groups excluding tert-OH is 1. The largest absolute Gasteiger partial charge is 0.396 e. The van der Waals surface area contributed by atoms with Crippen LogP contribution in [0.4, 0.5) is 5.69 Å². The van der Waals surface area contributed by atoms with Crippen LogP contribution in [0.15, 0.2) is 24.3 Å². The SMILES string of the molecule is CCCN(CCCO)c1ccccc1CC. The van der Waals surface area contributed by atoms with Crippen molar-refractivity contribution in [2.24, 2.45) is 0 Å². The highest BCUT2D eigenvalue weighted by Gasteiger charge is 2.08. The summed E-state index contributed by atoms with van der Waals surface area (Å²) < 4.78 is 0. The zero-order valence-electron chi connectivity index (χ0n) is 10.4. The molecule has 90 valence electrons. The number of para-hydroxylation sites is 1. The molecular formula is C14H23NO. The summed E-state index contributed by atoms with van der Waals surface area (Å²) in [7, 11) is 0. The highest BCUT2D eigenvalue weighted by atomic mass is 16.3. The first-order chi connectivity index (χ1) is 7.83. The van der Waals surface area contributed by atoms with Gasteiger partial charge in [0.1, 0.15) is 0 Å². The van der Waals surface area contributed by atoms with E-state index in [1.54, 1.807) is 0 Å². The molecule has 2 heteroatoms. The monoisotopic (exact) mass is 221 g/mol. The number of anilines is 1. The van der Waals surface area contributed by atoms with E-state index in [1.165, 1.54) is 11.3 Å². The molecule has 0 unspecified atom stereocenters. The summed E-state index contributed by atoms with van der Waals surface area (Å²) in [4.78, 5) is 2.38. The highest BCUT2D eigenvalue weighted by molar-refractivity contribution is 5.53. The third kappa shape index (κ3) is 3.53. The number of benzene rings is 1. The lowest BCUT2D eigenvalue weighted by Crippen LogP contribution is -2.26. The van der Waals surface area contributed by atoms with Crippen molar-refractivity contribution in [2.75, 3.05) is 24.6 Å². The van der Waals surface area contributed by atoms with Gasteiger partial charge < -0.3 is 10.0 Å². The van der Waals surface area contributed by atoms with Gasteiger partial charge in [0.15, 0.2) is 0 Å². The molecule has 0 heterocycles. The van der Waals surface area contributed by atoms with Crippen LogP contribution in [0.25, 0.3) is 0 Å². The van der Waals surface area contributed by atoms with Crippen molar-refractivity contribution in [3.05, 3.63) is 29.8 Å². The molecular weight excluding hydrogens is 198 g/mol. The van der Waals surface area contributed by atoms with Crippen molar-refractivity contribution < 1.29 is 5.11 Å². The van der Waals surface area contributed by atoms with Crippen molar-refractivity contribution in [1.29, 1.82) is 0 Å². The van der Waals surface area contributed by atoms with Gasteiger partial charge >= 0.3 is 0 Å². The van der Waals surface area contributed by atoms with Crippen LogP contribution < -0.4 is 4.90 Å².